The number of hydrogen-bond acceptors (Lipinski definition) is 6. The summed E-state index contributed by atoms with van der Waals surface area (Å²) in [6.07, 6.45) is 0.538. The molecule has 0 aliphatic heterocycles. The van der Waals surface area contributed by atoms with Crippen molar-refractivity contribution >= 4 is 30.5 Å². The maximum atomic E-state index is 12.3. The van der Waals surface area contributed by atoms with Crippen LogP contribution in [0.3, 0.4) is 0 Å². The number of benzene rings is 1. The third-order valence-corrected chi connectivity index (χ3v) is 3.72. The molecule has 0 saturated carbocycles. The summed E-state index contributed by atoms with van der Waals surface area (Å²) in [5.41, 5.74) is 1.03. The Morgan fingerprint density at radius 2 is 2.04 bits per heavy atom. The number of thiol groups is 1. The number of hydrogen-bond donors (Lipinski definition) is 3. The van der Waals surface area contributed by atoms with Gasteiger partial charge in [0.1, 0.15) is 0 Å². The average molecular weight is 335 g/mol. The number of aromatic nitrogens is 4. The first-order valence-electron chi connectivity index (χ1n) is 6.99. The number of carboxylic acid groups (broad SMARTS) is 1. The summed E-state index contributed by atoms with van der Waals surface area (Å²) >= 11 is 4.22. The summed E-state index contributed by atoms with van der Waals surface area (Å²) in [7, 11) is 0. The largest absolute Gasteiger partial charge is 0.480 e. The van der Waals surface area contributed by atoms with Gasteiger partial charge in [0, 0.05) is 5.75 Å². The second-order valence-corrected chi connectivity index (χ2v) is 5.37. The van der Waals surface area contributed by atoms with Gasteiger partial charge >= 0.3 is 5.97 Å². The van der Waals surface area contributed by atoms with E-state index in [9.17, 15) is 9.59 Å². The van der Waals surface area contributed by atoms with Crippen molar-refractivity contribution in [1.29, 1.82) is 0 Å². The second kappa shape index (κ2) is 7.73. The van der Waals surface area contributed by atoms with Crippen LogP contribution in [0.1, 0.15) is 18.5 Å². The van der Waals surface area contributed by atoms with Gasteiger partial charge < -0.3 is 5.11 Å². The predicted molar refractivity (Wildman–Crippen MR) is 86.3 cm³/mol. The Labute approximate surface area is 138 Å². The Morgan fingerprint density at radius 3 is 2.65 bits per heavy atom. The van der Waals surface area contributed by atoms with E-state index < -0.39 is 12.0 Å². The number of nitrogens with zero attached hydrogens (tertiary/aromatic N) is 4. The van der Waals surface area contributed by atoms with E-state index >= 15 is 0 Å². The van der Waals surface area contributed by atoms with Crippen molar-refractivity contribution in [2.24, 2.45) is 5.92 Å². The maximum Gasteiger partial charge on any atom is 0.330 e. The standard InChI is InChI=1S/C14H17N5O3S/c1-9(13(21)22)19-17-14(16-18-19)15-12(20)11(8-23)7-10-5-3-2-4-6-10/h2-6,9,11,23H,7-8H2,1H3,(H,21,22)(H,15,17,20)/t9?,11-/m1/s1. The molecule has 0 aliphatic carbocycles. The molecule has 2 atom stereocenters. The molecule has 0 radical (unpaired) electrons. The highest BCUT2D eigenvalue weighted by Crippen LogP contribution is 2.12. The van der Waals surface area contributed by atoms with E-state index in [1.165, 1.54) is 6.92 Å². The molecule has 23 heavy (non-hydrogen) atoms. The molecule has 1 unspecified atom stereocenters. The monoisotopic (exact) mass is 335 g/mol. The van der Waals surface area contributed by atoms with Gasteiger partial charge in [-0.2, -0.15) is 12.6 Å². The average Bonchev–Trinajstić information content (AvgIpc) is 3.00. The fourth-order valence-corrected chi connectivity index (χ4v) is 2.18. The zero-order valence-electron chi connectivity index (χ0n) is 12.5. The topological polar surface area (TPSA) is 110 Å². The Balaban J connectivity index is 2.01. The van der Waals surface area contributed by atoms with Crippen LogP contribution in [-0.4, -0.2) is 42.9 Å². The molecule has 122 valence electrons. The van der Waals surface area contributed by atoms with Gasteiger partial charge in [-0.05, 0) is 24.1 Å². The minimum atomic E-state index is -1.09. The quantitative estimate of drug-likeness (QED) is 0.652. The molecule has 2 aromatic rings. The Bertz CT molecular complexity index is 676. The highest BCUT2D eigenvalue weighted by molar-refractivity contribution is 7.80. The van der Waals surface area contributed by atoms with Crippen molar-refractivity contribution in [3.8, 4) is 0 Å². The van der Waals surface area contributed by atoms with Crippen molar-refractivity contribution in [3.63, 3.8) is 0 Å². The lowest BCUT2D eigenvalue weighted by atomic mass is 10.0. The van der Waals surface area contributed by atoms with E-state index in [0.29, 0.717) is 12.2 Å². The van der Waals surface area contributed by atoms with Gasteiger partial charge in [0.25, 0.3) is 5.95 Å². The third kappa shape index (κ3) is 4.52. The van der Waals surface area contributed by atoms with Gasteiger partial charge in [-0.15, -0.1) is 9.90 Å². The smallest absolute Gasteiger partial charge is 0.330 e. The van der Waals surface area contributed by atoms with Gasteiger partial charge in [0.2, 0.25) is 5.91 Å². The van der Waals surface area contributed by atoms with Gasteiger partial charge in [-0.25, -0.2) is 4.79 Å². The zero-order chi connectivity index (χ0) is 16.8. The molecular formula is C14H17N5O3S. The molecule has 9 heteroatoms. The number of anilines is 1. The molecule has 2 rings (SSSR count). The van der Waals surface area contributed by atoms with E-state index in [-0.39, 0.29) is 17.8 Å². The summed E-state index contributed by atoms with van der Waals surface area (Å²) < 4.78 is 0. The SMILES string of the molecule is CC(C(=O)O)n1nnc(NC(=O)[C@@H](CS)Cc2ccccc2)n1. The molecule has 0 saturated heterocycles. The lowest BCUT2D eigenvalue weighted by Gasteiger charge is -2.13. The van der Waals surface area contributed by atoms with Crippen LogP contribution in [0, 0.1) is 5.92 Å². The number of carboxylic acids is 1. The number of carbonyl (C=O) groups is 2. The number of rotatable bonds is 7. The van der Waals surface area contributed by atoms with E-state index in [1.54, 1.807) is 0 Å². The second-order valence-electron chi connectivity index (χ2n) is 5.01. The summed E-state index contributed by atoms with van der Waals surface area (Å²) in [5.74, 6) is -1.39. The molecular weight excluding hydrogens is 318 g/mol. The van der Waals surface area contributed by atoms with Crippen LogP contribution >= 0.6 is 12.6 Å². The first-order chi connectivity index (χ1) is 11.0. The first kappa shape index (κ1) is 16.9. The maximum absolute atomic E-state index is 12.3. The van der Waals surface area contributed by atoms with Crippen molar-refractivity contribution < 1.29 is 14.7 Å². The fraction of sp³-hybridized carbons (Fsp3) is 0.357. The number of aliphatic carboxylic acids is 1. The van der Waals surface area contributed by atoms with E-state index in [4.69, 9.17) is 5.11 Å². The van der Waals surface area contributed by atoms with Gasteiger partial charge in [-0.1, -0.05) is 35.4 Å². The van der Waals surface area contributed by atoms with Crippen LogP contribution in [0.15, 0.2) is 30.3 Å². The van der Waals surface area contributed by atoms with E-state index in [1.807, 2.05) is 30.3 Å². The number of amides is 1. The molecule has 2 N–H and O–H groups in total. The minimum Gasteiger partial charge on any atom is -0.480 e. The molecule has 0 bridgehead atoms. The van der Waals surface area contributed by atoms with Crippen LogP contribution < -0.4 is 5.32 Å². The molecule has 8 nitrogen and oxygen atoms in total. The number of nitrogens with one attached hydrogen (secondary N) is 1. The summed E-state index contributed by atoms with van der Waals surface area (Å²) in [5, 5.41) is 22.5. The van der Waals surface area contributed by atoms with Crippen LogP contribution in [0.2, 0.25) is 0 Å². The molecule has 0 spiro atoms. The molecule has 1 aromatic heterocycles. The Hall–Kier alpha value is -2.42. The predicted octanol–water partition coefficient (Wildman–Crippen LogP) is 1.05. The van der Waals surface area contributed by atoms with Gasteiger partial charge in [0.05, 0.1) is 5.92 Å². The third-order valence-electron chi connectivity index (χ3n) is 3.28. The number of carbonyl (C=O) groups excluding carboxylic acids is 1. The summed E-state index contributed by atoms with van der Waals surface area (Å²) in [6, 6.07) is 8.63. The zero-order valence-corrected chi connectivity index (χ0v) is 13.3. The van der Waals surface area contributed by atoms with Gasteiger partial charge in [0.15, 0.2) is 6.04 Å². The van der Waals surface area contributed by atoms with Crippen molar-refractivity contribution in [3.05, 3.63) is 35.9 Å². The van der Waals surface area contributed by atoms with Crippen molar-refractivity contribution in [2.45, 2.75) is 19.4 Å². The molecule has 1 heterocycles. The van der Waals surface area contributed by atoms with Crippen LogP contribution in [0.5, 0.6) is 0 Å². The molecule has 0 fully saturated rings. The van der Waals surface area contributed by atoms with Crippen molar-refractivity contribution in [2.75, 3.05) is 11.1 Å². The van der Waals surface area contributed by atoms with Crippen LogP contribution in [0.25, 0.3) is 0 Å². The highest BCUT2D eigenvalue weighted by atomic mass is 32.1. The summed E-state index contributed by atoms with van der Waals surface area (Å²) in [4.78, 5) is 24.1. The minimum absolute atomic E-state index is 0.0251. The van der Waals surface area contributed by atoms with Gasteiger partial charge in [-0.3, -0.25) is 10.1 Å². The van der Waals surface area contributed by atoms with Crippen LogP contribution in [-0.2, 0) is 16.0 Å². The first-order valence-corrected chi connectivity index (χ1v) is 7.62. The molecule has 0 aliphatic rings. The fourth-order valence-electron chi connectivity index (χ4n) is 1.89. The number of tetrazole rings is 1. The Morgan fingerprint density at radius 1 is 1.35 bits per heavy atom. The Kier molecular flexibility index (Phi) is 5.69. The van der Waals surface area contributed by atoms with Crippen LogP contribution in [0.4, 0.5) is 5.95 Å². The molecule has 1 amide bonds. The van der Waals surface area contributed by atoms with E-state index in [2.05, 4.69) is 33.4 Å². The molecule has 1 aromatic carbocycles. The summed E-state index contributed by atoms with van der Waals surface area (Å²) in [6.45, 7) is 1.42. The normalized spacial score (nSPS) is 13.3. The lowest BCUT2D eigenvalue weighted by Crippen LogP contribution is -2.26. The highest BCUT2D eigenvalue weighted by Gasteiger charge is 2.21. The van der Waals surface area contributed by atoms with Crippen molar-refractivity contribution in [1.82, 2.24) is 20.2 Å². The lowest BCUT2D eigenvalue weighted by molar-refractivity contribution is -0.141. The van der Waals surface area contributed by atoms with E-state index in [0.717, 1.165) is 10.4 Å².